The number of aromatic nitrogens is 2. The average molecular weight is 372 g/mol. The second-order valence-corrected chi connectivity index (χ2v) is 8.87. The SMILES string of the molecule is Cc1cc(-c2nnc(COC(=O)C34C[C@@H]5C[C@@H](CC(O)(C5)C3)C4)o2)c(C)o1. The van der Waals surface area contributed by atoms with Crippen molar-refractivity contribution in [2.75, 3.05) is 0 Å². The van der Waals surface area contributed by atoms with Crippen molar-refractivity contribution in [1.29, 1.82) is 0 Å². The lowest BCUT2D eigenvalue weighted by molar-refractivity contribution is -0.197. The van der Waals surface area contributed by atoms with Crippen LogP contribution in [0.1, 0.15) is 55.9 Å². The van der Waals surface area contributed by atoms with Gasteiger partial charge in [0.25, 0.3) is 11.8 Å². The van der Waals surface area contributed by atoms with E-state index in [4.69, 9.17) is 13.6 Å². The predicted molar refractivity (Wildman–Crippen MR) is 93.3 cm³/mol. The van der Waals surface area contributed by atoms with E-state index in [1.165, 1.54) is 0 Å². The quantitative estimate of drug-likeness (QED) is 0.822. The predicted octanol–water partition coefficient (Wildman–Crippen LogP) is 3.32. The highest BCUT2D eigenvalue weighted by atomic mass is 16.5. The van der Waals surface area contributed by atoms with E-state index in [2.05, 4.69) is 10.2 Å². The molecular formula is C20H24N2O5. The third-order valence-corrected chi connectivity index (χ3v) is 6.53. The second-order valence-electron chi connectivity index (χ2n) is 8.87. The van der Waals surface area contributed by atoms with Gasteiger partial charge in [-0.15, -0.1) is 10.2 Å². The van der Waals surface area contributed by atoms with Crippen LogP contribution in [0.2, 0.25) is 0 Å². The first-order chi connectivity index (χ1) is 12.8. The van der Waals surface area contributed by atoms with E-state index in [1.807, 2.05) is 19.9 Å². The molecule has 2 heterocycles. The lowest BCUT2D eigenvalue weighted by Crippen LogP contribution is -2.58. The molecule has 2 aromatic heterocycles. The molecule has 4 fully saturated rings. The number of esters is 1. The Morgan fingerprint density at radius 1 is 1.22 bits per heavy atom. The molecule has 4 aliphatic rings. The van der Waals surface area contributed by atoms with Crippen LogP contribution in [0, 0.1) is 31.1 Å². The summed E-state index contributed by atoms with van der Waals surface area (Å²) in [5.74, 6) is 2.75. The zero-order valence-electron chi connectivity index (χ0n) is 15.7. The highest BCUT2D eigenvalue weighted by Crippen LogP contribution is 2.62. The van der Waals surface area contributed by atoms with E-state index in [1.54, 1.807) is 0 Å². The zero-order chi connectivity index (χ0) is 18.8. The standard InChI is InChI=1S/C20H24N2O5/c1-11-3-15(12(2)26-11)17-22-21-16(27-17)9-25-18(23)19-5-13-4-14(6-19)8-20(24,7-13)10-19/h3,13-14,24H,4-10H2,1-2H3/t13-,14+,19?,20?. The Hall–Kier alpha value is -2.15. The highest BCUT2D eigenvalue weighted by molar-refractivity contribution is 5.77. The molecule has 6 rings (SSSR count). The third kappa shape index (κ3) is 2.79. The number of rotatable bonds is 4. The molecule has 0 aliphatic heterocycles. The van der Waals surface area contributed by atoms with Gasteiger partial charge in [-0.25, -0.2) is 0 Å². The average Bonchev–Trinajstić information content (AvgIpc) is 3.16. The topological polar surface area (TPSA) is 98.6 Å². The Morgan fingerprint density at radius 2 is 1.96 bits per heavy atom. The van der Waals surface area contributed by atoms with Crippen LogP contribution in [0.25, 0.3) is 11.5 Å². The van der Waals surface area contributed by atoms with Crippen LogP contribution in [0.15, 0.2) is 14.9 Å². The van der Waals surface area contributed by atoms with E-state index in [-0.39, 0.29) is 18.5 Å². The van der Waals surface area contributed by atoms with E-state index in [9.17, 15) is 9.90 Å². The first-order valence-corrected chi connectivity index (χ1v) is 9.64. The monoisotopic (exact) mass is 372 g/mol. The summed E-state index contributed by atoms with van der Waals surface area (Å²) in [6.07, 6.45) is 4.96. The van der Waals surface area contributed by atoms with Crippen molar-refractivity contribution >= 4 is 5.97 Å². The van der Waals surface area contributed by atoms with Crippen molar-refractivity contribution in [1.82, 2.24) is 10.2 Å². The molecule has 7 heteroatoms. The van der Waals surface area contributed by atoms with Crippen LogP contribution in [0.3, 0.4) is 0 Å². The van der Waals surface area contributed by atoms with Gasteiger partial charge in [0.05, 0.1) is 16.6 Å². The number of carbonyl (C=O) groups is 1. The second kappa shape index (κ2) is 5.67. The van der Waals surface area contributed by atoms with Crippen LogP contribution < -0.4 is 0 Å². The smallest absolute Gasteiger partial charge is 0.312 e. The molecule has 0 radical (unpaired) electrons. The van der Waals surface area contributed by atoms with Crippen LogP contribution in [0.5, 0.6) is 0 Å². The first kappa shape index (κ1) is 17.0. The molecule has 2 aromatic rings. The molecule has 27 heavy (non-hydrogen) atoms. The van der Waals surface area contributed by atoms with Crippen LogP contribution >= 0.6 is 0 Å². The van der Waals surface area contributed by atoms with E-state index < -0.39 is 11.0 Å². The maximum absolute atomic E-state index is 12.9. The lowest BCUT2D eigenvalue weighted by atomic mass is 9.48. The van der Waals surface area contributed by atoms with Gasteiger partial charge >= 0.3 is 5.97 Å². The summed E-state index contributed by atoms with van der Waals surface area (Å²) in [6.45, 7) is 3.65. The highest BCUT2D eigenvalue weighted by Gasteiger charge is 2.60. The molecule has 0 aromatic carbocycles. The number of carbonyl (C=O) groups excluding carboxylic acids is 1. The Labute approximate surface area is 157 Å². The van der Waals surface area contributed by atoms with Crippen molar-refractivity contribution in [3.05, 3.63) is 23.5 Å². The Balaban J connectivity index is 1.28. The minimum atomic E-state index is -0.683. The Morgan fingerprint density at radius 3 is 2.59 bits per heavy atom. The van der Waals surface area contributed by atoms with Gasteiger partial charge in [-0.1, -0.05) is 0 Å². The van der Waals surface area contributed by atoms with Gasteiger partial charge in [0, 0.05) is 0 Å². The fourth-order valence-corrected chi connectivity index (χ4v) is 6.00. The molecule has 1 N–H and O–H groups in total. The largest absolute Gasteiger partial charge is 0.466 e. The Kier molecular flexibility index (Phi) is 3.57. The lowest BCUT2D eigenvalue weighted by Gasteiger charge is -2.58. The number of nitrogens with zero attached hydrogens (tertiary/aromatic N) is 2. The number of aryl methyl sites for hydroxylation is 2. The number of furan rings is 1. The molecular weight excluding hydrogens is 348 g/mol. The van der Waals surface area contributed by atoms with Crippen LogP contribution in [0.4, 0.5) is 0 Å². The minimum Gasteiger partial charge on any atom is -0.466 e. The molecule has 0 amide bonds. The molecule has 4 aliphatic carbocycles. The zero-order valence-corrected chi connectivity index (χ0v) is 15.7. The number of aliphatic hydroxyl groups is 1. The molecule has 2 unspecified atom stereocenters. The number of hydrogen-bond donors (Lipinski definition) is 1. The van der Waals surface area contributed by atoms with Gasteiger partial charge in [0.2, 0.25) is 0 Å². The van der Waals surface area contributed by atoms with E-state index >= 15 is 0 Å². The molecule has 0 saturated heterocycles. The van der Waals surface area contributed by atoms with Gasteiger partial charge in [-0.2, -0.15) is 0 Å². The Bertz CT molecular complexity index is 884. The number of ether oxygens (including phenoxy) is 1. The van der Waals surface area contributed by atoms with Crippen LogP contribution in [-0.2, 0) is 16.1 Å². The molecule has 144 valence electrons. The fourth-order valence-electron chi connectivity index (χ4n) is 6.00. The van der Waals surface area contributed by atoms with E-state index in [0.717, 1.165) is 43.4 Å². The van der Waals surface area contributed by atoms with Gasteiger partial charge < -0.3 is 18.7 Å². The van der Waals surface area contributed by atoms with Gasteiger partial charge in [0.15, 0.2) is 6.61 Å². The summed E-state index contributed by atoms with van der Waals surface area (Å²) in [5.41, 5.74) is -0.474. The molecule has 4 bridgehead atoms. The summed E-state index contributed by atoms with van der Waals surface area (Å²) < 4.78 is 16.7. The maximum atomic E-state index is 12.9. The minimum absolute atomic E-state index is 0.0444. The summed E-state index contributed by atoms with van der Waals surface area (Å²) in [6, 6.07) is 1.84. The molecule has 4 atom stereocenters. The molecule has 0 spiro atoms. The summed E-state index contributed by atoms with van der Waals surface area (Å²) in [7, 11) is 0. The maximum Gasteiger partial charge on any atom is 0.312 e. The van der Waals surface area contributed by atoms with E-state index in [0.29, 0.717) is 29.9 Å². The normalized spacial score (nSPS) is 34.2. The molecule has 4 saturated carbocycles. The van der Waals surface area contributed by atoms with Crippen LogP contribution in [-0.4, -0.2) is 26.9 Å². The van der Waals surface area contributed by atoms with Crippen molar-refractivity contribution in [2.45, 2.75) is 64.6 Å². The first-order valence-electron chi connectivity index (χ1n) is 9.64. The van der Waals surface area contributed by atoms with Crippen molar-refractivity contribution < 1.29 is 23.5 Å². The van der Waals surface area contributed by atoms with Gasteiger partial charge in [-0.05, 0) is 70.3 Å². The van der Waals surface area contributed by atoms with Crippen molar-refractivity contribution in [3.8, 4) is 11.5 Å². The van der Waals surface area contributed by atoms with Gasteiger partial charge in [0.1, 0.15) is 11.5 Å². The number of hydrogen-bond acceptors (Lipinski definition) is 7. The summed E-state index contributed by atoms with van der Waals surface area (Å²) >= 11 is 0. The third-order valence-electron chi connectivity index (χ3n) is 6.53. The summed E-state index contributed by atoms with van der Waals surface area (Å²) in [4.78, 5) is 12.9. The van der Waals surface area contributed by atoms with Gasteiger partial charge in [-0.3, -0.25) is 4.79 Å². The van der Waals surface area contributed by atoms with Crippen molar-refractivity contribution in [2.24, 2.45) is 17.3 Å². The van der Waals surface area contributed by atoms with Crippen molar-refractivity contribution in [3.63, 3.8) is 0 Å². The summed E-state index contributed by atoms with van der Waals surface area (Å²) in [5, 5.41) is 18.8. The fraction of sp³-hybridized carbons (Fsp3) is 0.650. The molecule has 7 nitrogen and oxygen atoms in total.